The Morgan fingerprint density at radius 3 is 2.35 bits per heavy atom. The highest BCUT2D eigenvalue weighted by Crippen LogP contribution is 2.40. The number of rotatable bonds is 0. The molecule has 23 heavy (non-hydrogen) atoms. The average Bonchev–Trinajstić information content (AvgIpc) is 2.34. The van der Waals surface area contributed by atoms with Crippen molar-refractivity contribution in [2.24, 2.45) is 0 Å². The molecule has 1 aliphatic rings. The molecule has 1 aliphatic heterocycles. The van der Waals surface area contributed by atoms with E-state index in [9.17, 15) is 26.7 Å². The average molecular weight is 337 g/mol. The van der Waals surface area contributed by atoms with Crippen LogP contribution in [-0.4, -0.2) is 23.1 Å². The van der Waals surface area contributed by atoms with Crippen molar-refractivity contribution in [2.45, 2.75) is 45.0 Å². The molecule has 0 aliphatic carbocycles. The molecule has 128 valence electrons. The third kappa shape index (κ3) is 3.92. The van der Waals surface area contributed by atoms with Crippen LogP contribution >= 0.6 is 0 Å². The summed E-state index contributed by atoms with van der Waals surface area (Å²) in [6.07, 6.45) is -5.63. The zero-order valence-electron chi connectivity index (χ0n) is 12.8. The van der Waals surface area contributed by atoms with Crippen LogP contribution in [0.4, 0.5) is 26.7 Å². The van der Waals surface area contributed by atoms with Crippen molar-refractivity contribution >= 4 is 6.09 Å². The van der Waals surface area contributed by atoms with Crippen molar-refractivity contribution in [1.29, 1.82) is 0 Å². The fourth-order valence-corrected chi connectivity index (χ4v) is 2.27. The summed E-state index contributed by atoms with van der Waals surface area (Å²) in [6, 6.07) is 2.15. The summed E-state index contributed by atoms with van der Waals surface area (Å²) < 4.78 is 71.4. The number of halogens is 5. The van der Waals surface area contributed by atoms with Crippen LogP contribution < -0.4 is 0 Å². The Balaban J connectivity index is 2.33. The molecular weight excluding hydrogens is 321 g/mol. The molecule has 0 fully saturated rings. The van der Waals surface area contributed by atoms with Gasteiger partial charge in [-0.1, -0.05) is 6.07 Å². The first-order chi connectivity index (χ1) is 10.3. The lowest BCUT2D eigenvalue weighted by Gasteiger charge is -2.35. The summed E-state index contributed by atoms with van der Waals surface area (Å²) in [6.45, 7) is 3.54. The van der Waals surface area contributed by atoms with Crippen LogP contribution in [0.15, 0.2) is 18.2 Å². The largest absolute Gasteiger partial charge is 0.444 e. The van der Waals surface area contributed by atoms with E-state index in [1.165, 1.54) is 0 Å². The molecule has 2 rings (SSSR count). The van der Waals surface area contributed by atoms with Crippen LogP contribution in [0.5, 0.6) is 0 Å². The van der Waals surface area contributed by atoms with Gasteiger partial charge in [0.2, 0.25) is 0 Å². The number of hydrogen-bond donors (Lipinski definition) is 0. The van der Waals surface area contributed by atoms with Gasteiger partial charge in [0, 0.05) is 12.1 Å². The zero-order chi connectivity index (χ0) is 17.6. The summed E-state index contributed by atoms with van der Waals surface area (Å²) in [5, 5.41) is 0. The number of ether oxygens (including phenoxy) is 1. The molecule has 3 nitrogen and oxygen atoms in total. The lowest BCUT2D eigenvalue weighted by Crippen LogP contribution is -2.45. The Labute approximate surface area is 130 Å². The highest BCUT2D eigenvalue weighted by molar-refractivity contribution is 5.69. The standard InChI is InChI=1S/C15H16F5NO2/c1-13(2,3)23-12(22)21-7-9-4-5-10(15(18,19)20)6-11(9)14(16,17)8-21/h4-6H,7-8H2,1-3H3. The first kappa shape index (κ1) is 17.5. The van der Waals surface area contributed by atoms with Crippen LogP contribution in [0.25, 0.3) is 0 Å². The van der Waals surface area contributed by atoms with Gasteiger partial charge in [0.05, 0.1) is 12.1 Å². The zero-order valence-corrected chi connectivity index (χ0v) is 12.8. The Kier molecular flexibility index (Phi) is 4.07. The molecule has 1 aromatic carbocycles. The monoisotopic (exact) mass is 337 g/mol. The fourth-order valence-electron chi connectivity index (χ4n) is 2.27. The minimum absolute atomic E-state index is 0.0277. The summed E-state index contributed by atoms with van der Waals surface area (Å²) in [5.74, 6) is -3.58. The van der Waals surface area contributed by atoms with Gasteiger partial charge in [0.15, 0.2) is 0 Å². The molecule has 0 bridgehead atoms. The van der Waals surface area contributed by atoms with Gasteiger partial charge in [0.1, 0.15) is 5.60 Å². The van der Waals surface area contributed by atoms with E-state index < -0.39 is 41.5 Å². The second-order valence-electron chi connectivity index (χ2n) is 6.41. The first-order valence-corrected chi connectivity index (χ1v) is 6.86. The Morgan fingerprint density at radius 2 is 1.83 bits per heavy atom. The number of hydrogen-bond acceptors (Lipinski definition) is 2. The Hall–Kier alpha value is -1.86. The minimum atomic E-state index is -4.70. The third-order valence-corrected chi connectivity index (χ3v) is 3.23. The van der Waals surface area contributed by atoms with Crippen LogP contribution in [-0.2, 0) is 23.4 Å². The molecule has 1 aromatic rings. The molecular formula is C15H16F5NO2. The van der Waals surface area contributed by atoms with Crippen molar-refractivity contribution < 1.29 is 31.5 Å². The second kappa shape index (κ2) is 5.35. The van der Waals surface area contributed by atoms with E-state index in [0.717, 1.165) is 17.0 Å². The molecule has 0 unspecified atom stereocenters. The van der Waals surface area contributed by atoms with E-state index in [0.29, 0.717) is 6.07 Å². The lowest BCUT2D eigenvalue weighted by molar-refractivity contribution is -0.138. The lowest BCUT2D eigenvalue weighted by atomic mass is 9.94. The van der Waals surface area contributed by atoms with Crippen LogP contribution in [0.1, 0.15) is 37.5 Å². The minimum Gasteiger partial charge on any atom is -0.444 e. The summed E-state index contributed by atoms with van der Waals surface area (Å²) in [7, 11) is 0. The summed E-state index contributed by atoms with van der Waals surface area (Å²) in [4.78, 5) is 12.7. The third-order valence-electron chi connectivity index (χ3n) is 3.23. The van der Waals surface area contributed by atoms with Crippen molar-refractivity contribution in [1.82, 2.24) is 4.90 Å². The number of fused-ring (bicyclic) bond motifs is 1. The highest BCUT2D eigenvalue weighted by atomic mass is 19.4. The van der Waals surface area contributed by atoms with Gasteiger partial charge in [-0.05, 0) is 38.5 Å². The molecule has 0 spiro atoms. The molecule has 0 aromatic heterocycles. The maximum Gasteiger partial charge on any atom is 0.416 e. The predicted octanol–water partition coefficient (Wildman–Crippen LogP) is 4.55. The van der Waals surface area contributed by atoms with Gasteiger partial charge in [-0.25, -0.2) is 4.79 Å². The number of benzene rings is 1. The normalized spacial score (nSPS) is 17.7. The van der Waals surface area contributed by atoms with Gasteiger partial charge in [-0.15, -0.1) is 0 Å². The van der Waals surface area contributed by atoms with Crippen molar-refractivity contribution in [3.63, 3.8) is 0 Å². The van der Waals surface area contributed by atoms with E-state index in [1.807, 2.05) is 0 Å². The first-order valence-electron chi connectivity index (χ1n) is 6.86. The molecule has 8 heteroatoms. The molecule has 0 N–H and O–H groups in total. The van der Waals surface area contributed by atoms with Crippen LogP contribution in [0.3, 0.4) is 0 Å². The van der Waals surface area contributed by atoms with E-state index in [4.69, 9.17) is 4.74 Å². The van der Waals surface area contributed by atoms with Gasteiger partial charge in [0.25, 0.3) is 5.92 Å². The van der Waals surface area contributed by atoms with Gasteiger partial charge >= 0.3 is 12.3 Å². The van der Waals surface area contributed by atoms with Crippen LogP contribution in [0.2, 0.25) is 0 Å². The number of alkyl halides is 5. The van der Waals surface area contributed by atoms with E-state index in [1.54, 1.807) is 20.8 Å². The molecule has 0 saturated carbocycles. The molecule has 1 heterocycles. The number of amides is 1. The van der Waals surface area contributed by atoms with Gasteiger partial charge in [-0.2, -0.15) is 22.0 Å². The van der Waals surface area contributed by atoms with E-state index >= 15 is 0 Å². The van der Waals surface area contributed by atoms with E-state index in [-0.39, 0.29) is 12.1 Å². The Bertz CT molecular complexity index is 619. The smallest absolute Gasteiger partial charge is 0.416 e. The quantitative estimate of drug-likeness (QED) is 0.650. The second-order valence-corrected chi connectivity index (χ2v) is 6.41. The molecule has 0 saturated heterocycles. The number of nitrogens with zero attached hydrogens (tertiary/aromatic N) is 1. The Morgan fingerprint density at radius 1 is 1.22 bits per heavy atom. The number of carbonyl (C=O) groups excluding carboxylic acids is 1. The van der Waals surface area contributed by atoms with Crippen LogP contribution in [0, 0.1) is 0 Å². The predicted molar refractivity (Wildman–Crippen MR) is 72.0 cm³/mol. The maximum absolute atomic E-state index is 14.2. The molecule has 0 atom stereocenters. The SMILES string of the molecule is CC(C)(C)OC(=O)N1Cc2ccc(C(F)(F)F)cc2C(F)(F)C1. The van der Waals surface area contributed by atoms with Gasteiger partial charge in [-0.3, -0.25) is 4.90 Å². The fraction of sp³-hybridized carbons (Fsp3) is 0.533. The number of carbonyl (C=O) groups is 1. The molecule has 1 amide bonds. The topological polar surface area (TPSA) is 29.5 Å². The maximum atomic E-state index is 14.2. The summed E-state index contributed by atoms with van der Waals surface area (Å²) in [5.41, 5.74) is -2.72. The molecule has 0 radical (unpaired) electrons. The van der Waals surface area contributed by atoms with Crippen molar-refractivity contribution in [3.8, 4) is 0 Å². The van der Waals surface area contributed by atoms with Crippen molar-refractivity contribution in [3.05, 3.63) is 34.9 Å². The summed E-state index contributed by atoms with van der Waals surface area (Å²) >= 11 is 0. The van der Waals surface area contributed by atoms with Gasteiger partial charge < -0.3 is 4.74 Å². The van der Waals surface area contributed by atoms with Crippen molar-refractivity contribution in [2.75, 3.05) is 6.54 Å². The van der Waals surface area contributed by atoms with E-state index in [2.05, 4.69) is 0 Å². The highest BCUT2D eigenvalue weighted by Gasteiger charge is 2.44.